The van der Waals surface area contributed by atoms with E-state index in [4.69, 9.17) is 0 Å². The summed E-state index contributed by atoms with van der Waals surface area (Å²) in [6, 6.07) is 12.0. The zero-order valence-electron chi connectivity index (χ0n) is 7.34. The van der Waals surface area contributed by atoms with Gasteiger partial charge >= 0.3 is 0 Å². The Labute approximate surface area is 76.8 Å². The van der Waals surface area contributed by atoms with Gasteiger partial charge in [-0.3, -0.25) is 4.79 Å². The average Bonchev–Trinajstić information content (AvgIpc) is 2.54. The standard InChI is InChI=1S/C6H6.C4H4N2O/c1-2-4-6-5-3-1;1-3-2-4(7)6-5-3/h1-6H;2H,1H3. The minimum Gasteiger partial charge on any atom is -0.266 e. The third kappa shape index (κ3) is 3.96. The number of amides is 1. The highest BCUT2D eigenvalue weighted by atomic mass is 16.1. The highest BCUT2D eigenvalue weighted by Crippen LogP contribution is 2.03. The van der Waals surface area contributed by atoms with Crippen LogP contribution in [0.3, 0.4) is 0 Å². The number of hydrogen-bond donors (Lipinski definition) is 0. The summed E-state index contributed by atoms with van der Waals surface area (Å²) in [5.74, 6) is -0.252. The van der Waals surface area contributed by atoms with Crippen molar-refractivity contribution in [2.75, 3.05) is 0 Å². The van der Waals surface area contributed by atoms with Gasteiger partial charge in [0.15, 0.2) is 0 Å². The van der Waals surface area contributed by atoms with Crippen LogP contribution in [-0.2, 0) is 4.79 Å². The minimum absolute atomic E-state index is 0.252. The molecule has 0 unspecified atom stereocenters. The zero-order valence-corrected chi connectivity index (χ0v) is 7.34. The van der Waals surface area contributed by atoms with Crippen molar-refractivity contribution in [1.82, 2.24) is 0 Å². The van der Waals surface area contributed by atoms with E-state index >= 15 is 0 Å². The molecule has 1 aliphatic rings. The molecule has 0 atom stereocenters. The van der Waals surface area contributed by atoms with Crippen LogP contribution in [0, 0.1) is 0 Å². The predicted molar refractivity (Wildman–Crippen MR) is 50.1 cm³/mol. The fraction of sp³-hybridized carbons (Fsp3) is 0.100. The monoisotopic (exact) mass is 174 g/mol. The number of rotatable bonds is 0. The first kappa shape index (κ1) is 9.32. The second kappa shape index (κ2) is 4.98. The maximum absolute atomic E-state index is 10.1. The summed E-state index contributed by atoms with van der Waals surface area (Å²) < 4.78 is 0. The molecule has 1 aromatic carbocycles. The van der Waals surface area contributed by atoms with E-state index in [1.165, 1.54) is 6.08 Å². The Morgan fingerprint density at radius 3 is 1.54 bits per heavy atom. The lowest BCUT2D eigenvalue weighted by Gasteiger charge is -1.69. The molecule has 0 radical (unpaired) electrons. The maximum Gasteiger partial charge on any atom is 0.290 e. The van der Waals surface area contributed by atoms with Crippen molar-refractivity contribution in [1.29, 1.82) is 0 Å². The normalized spacial score (nSPS) is 13.3. The lowest BCUT2D eigenvalue weighted by molar-refractivity contribution is -0.113. The number of carbonyl (C=O) groups is 1. The van der Waals surface area contributed by atoms with Gasteiger partial charge in [-0.25, -0.2) is 0 Å². The van der Waals surface area contributed by atoms with E-state index in [0.29, 0.717) is 5.70 Å². The quantitative estimate of drug-likeness (QED) is 0.596. The van der Waals surface area contributed by atoms with Gasteiger partial charge in [0.25, 0.3) is 5.91 Å². The molecule has 1 heterocycles. The first-order chi connectivity index (χ1) is 6.29. The van der Waals surface area contributed by atoms with Crippen LogP contribution in [0.1, 0.15) is 6.92 Å². The second-order valence-electron chi connectivity index (χ2n) is 2.48. The van der Waals surface area contributed by atoms with Crippen LogP contribution in [0.2, 0.25) is 0 Å². The van der Waals surface area contributed by atoms with Gasteiger partial charge in [0, 0.05) is 6.08 Å². The van der Waals surface area contributed by atoms with Crippen LogP contribution in [-0.4, -0.2) is 5.91 Å². The summed E-state index contributed by atoms with van der Waals surface area (Å²) >= 11 is 0. The zero-order chi connectivity index (χ0) is 9.52. The topological polar surface area (TPSA) is 41.8 Å². The number of allylic oxidation sites excluding steroid dienone is 1. The molecule has 0 fully saturated rings. The third-order valence-corrected chi connectivity index (χ3v) is 1.31. The molecule has 1 amide bonds. The first-order valence-corrected chi connectivity index (χ1v) is 3.93. The summed E-state index contributed by atoms with van der Waals surface area (Å²) in [6.45, 7) is 1.73. The van der Waals surface area contributed by atoms with Crippen LogP contribution in [0.15, 0.2) is 58.4 Å². The Balaban J connectivity index is 0.000000132. The first-order valence-electron chi connectivity index (χ1n) is 3.93. The van der Waals surface area contributed by atoms with E-state index in [1.54, 1.807) is 6.92 Å². The molecule has 13 heavy (non-hydrogen) atoms. The molecule has 3 nitrogen and oxygen atoms in total. The molecule has 0 aromatic heterocycles. The van der Waals surface area contributed by atoms with Gasteiger partial charge in [-0.1, -0.05) is 36.4 Å². The highest BCUT2D eigenvalue weighted by Gasteiger charge is 2.00. The van der Waals surface area contributed by atoms with Gasteiger partial charge < -0.3 is 0 Å². The molecule has 3 heteroatoms. The fourth-order valence-corrected chi connectivity index (χ4v) is 0.749. The third-order valence-electron chi connectivity index (χ3n) is 1.31. The number of benzene rings is 1. The Kier molecular flexibility index (Phi) is 3.57. The van der Waals surface area contributed by atoms with Gasteiger partial charge in [0.05, 0.1) is 5.70 Å². The summed E-state index contributed by atoms with van der Waals surface area (Å²) in [6.07, 6.45) is 1.39. The smallest absolute Gasteiger partial charge is 0.266 e. The van der Waals surface area contributed by atoms with Crippen LogP contribution in [0.5, 0.6) is 0 Å². The number of hydrogen-bond acceptors (Lipinski definition) is 2. The molecule has 0 spiro atoms. The molecule has 0 N–H and O–H groups in total. The minimum atomic E-state index is -0.252. The van der Waals surface area contributed by atoms with E-state index in [2.05, 4.69) is 10.2 Å². The second-order valence-corrected chi connectivity index (χ2v) is 2.48. The van der Waals surface area contributed by atoms with E-state index in [1.807, 2.05) is 36.4 Å². The molecule has 0 aliphatic carbocycles. The van der Waals surface area contributed by atoms with Crippen molar-refractivity contribution in [3.05, 3.63) is 48.2 Å². The van der Waals surface area contributed by atoms with Gasteiger partial charge in [-0.2, -0.15) is 5.11 Å². The van der Waals surface area contributed by atoms with Crippen LogP contribution in [0.25, 0.3) is 0 Å². The van der Waals surface area contributed by atoms with Crippen LogP contribution in [0.4, 0.5) is 0 Å². The fourth-order valence-electron chi connectivity index (χ4n) is 0.749. The Hall–Kier alpha value is -1.77. The van der Waals surface area contributed by atoms with Gasteiger partial charge in [-0.15, -0.1) is 5.11 Å². The summed E-state index contributed by atoms with van der Waals surface area (Å²) in [7, 11) is 0. The molecular formula is C10H10N2O. The van der Waals surface area contributed by atoms with Crippen molar-refractivity contribution in [2.45, 2.75) is 6.92 Å². The Morgan fingerprint density at radius 1 is 0.923 bits per heavy atom. The molecule has 2 rings (SSSR count). The van der Waals surface area contributed by atoms with Crippen molar-refractivity contribution in [3.63, 3.8) is 0 Å². The summed E-state index contributed by atoms with van der Waals surface area (Å²) in [5.41, 5.74) is 0.685. The van der Waals surface area contributed by atoms with E-state index in [9.17, 15) is 4.79 Å². The Bertz CT molecular complexity index is 301. The molecular weight excluding hydrogens is 164 g/mol. The largest absolute Gasteiger partial charge is 0.290 e. The lowest BCUT2D eigenvalue weighted by atomic mass is 10.4. The lowest BCUT2D eigenvalue weighted by Crippen LogP contribution is -1.75. The van der Waals surface area contributed by atoms with E-state index in [-0.39, 0.29) is 5.91 Å². The summed E-state index contributed by atoms with van der Waals surface area (Å²) in [4.78, 5) is 10.1. The van der Waals surface area contributed by atoms with Gasteiger partial charge in [0.1, 0.15) is 0 Å². The van der Waals surface area contributed by atoms with Crippen LogP contribution >= 0.6 is 0 Å². The highest BCUT2D eigenvalue weighted by molar-refractivity contribution is 5.90. The number of azo groups is 1. The van der Waals surface area contributed by atoms with Crippen molar-refractivity contribution >= 4 is 5.91 Å². The van der Waals surface area contributed by atoms with Crippen molar-refractivity contribution in [2.24, 2.45) is 10.2 Å². The molecule has 66 valence electrons. The molecule has 1 aromatic rings. The maximum atomic E-state index is 10.1. The molecule has 1 aliphatic heterocycles. The average molecular weight is 174 g/mol. The molecule has 0 saturated carbocycles. The number of nitrogens with zero attached hydrogens (tertiary/aromatic N) is 2. The SMILES string of the molecule is CC1=CC(=O)N=N1.c1ccccc1. The predicted octanol–water partition coefficient (Wildman–Crippen LogP) is 2.57. The van der Waals surface area contributed by atoms with Gasteiger partial charge in [-0.05, 0) is 6.92 Å². The summed E-state index contributed by atoms with van der Waals surface area (Å²) in [5, 5.41) is 6.66. The van der Waals surface area contributed by atoms with Crippen molar-refractivity contribution < 1.29 is 4.79 Å². The Morgan fingerprint density at radius 2 is 1.38 bits per heavy atom. The van der Waals surface area contributed by atoms with Crippen LogP contribution < -0.4 is 0 Å². The number of carbonyl (C=O) groups excluding carboxylic acids is 1. The van der Waals surface area contributed by atoms with E-state index in [0.717, 1.165) is 0 Å². The van der Waals surface area contributed by atoms with Crippen molar-refractivity contribution in [3.8, 4) is 0 Å². The van der Waals surface area contributed by atoms with E-state index < -0.39 is 0 Å². The van der Waals surface area contributed by atoms with Gasteiger partial charge in [0.2, 0.25) is 0 Å². The molecule has 0 bridgehead atoms. The molecule has 0 saturated heterocycles.